The molecule has 6 heteroatoms. The second kappa shape index (κ2) is 9.38. The second-order valence-corrected chi connectivity index (χ2v) is 10.2. The Morgan fingerprint density at radius 3 is 1.97 bits per heavy atom. The maximum atomic E-state index is 12.9. The molecule has 2 aliphatic carbocycles. The van der Waals surface area contributed by atoms with Gasteiger partial charge in [-0.15, -0.1) is 0 Å². The van der Waals surface area contributed by atoms with Crippen LogP contribution in [0.25, 0.3) is 0 Å². The highest BCUT2D eigenvalue weighted by Crippen LogP contribution is 2.28. The molecule has 4 rings (SSSR count). The van der Waals surface area contributed by atoms with Gasteiger partial charge in [-0.2, -0.15) is 0 Å². The van der Waals surface area contributed by atoms with Crippen molar-refractivity contribution >= 4 is 17.7 Å². The summed E-state index contributed by atoms with van der Waals surface area (Å²) in [6.45, 7) is 6.83. The van der Waals surface area contributed by atoms with Gasteiger partial charge in [0.15, 0.2) is 0 Å². The minimum atomic E-state index is -0.245. The van der Waals surface area contributed by atoms with E-state index in [0.717, 1.165) is 36.8 Å². The fraction of sp³-hybridized carbons (Fsp3) is 0.444. The number of carbonyl (C=O) groups is 3. The van der Waals surface area contributed by atoms with E-state index >= 15 is 0 Å². The molecule has 3 amide bonds. The van der Waals surface area contributed by atoms with Gasteiger partial charge in [0, 0.05) is 29.8 Å². The van der Waals surface area contributed by atoms with Crippen LogP contribution < -0.4 is 10.6 Å². The molecule has 2 aliphatic rings. The Balaban J connectivity index is 1.32. The van der Waals surface area contributed by atoms with Crippen molar-refractivity contribution in [2.45, 2.75) is 70.5 Å². The summed E-state index contributed by atoms with van der Waals surface area (Å²) >= 11 is 0. The second-order valence-electron chi connectivity index (χ2n) is 10.2. The normalized spacial score (nSPS) is 15.6. The molecule has 2 aromatic carbocycles. The zero-order valence-electron chi connectivity index (χ0n) is 19.7. The third-order valence-electron chi connectivity index (χ3n) is 6.20. The Kier molecular flexibility index (Phi) is 6.54. The largest absolute Gasteiger partial charge is 0.349 e. The van der Waals surface area contributed by atoms with Crippen LogP contribution in [0.5, 0.6) is 0 Å². The molecule has 2 aromatic rings. The molecular formula is C27H33N3O3. The third-order valence-corrected chi connectivity index (χ3v) is 6.20. The number of hydrogen-bond acceptors (Lipinski definition) is 3. The monoisotopic (exact) mass is 447 g/mol. The number of rotatable bonds is 8. The molecule has 2 saturated carbocycles. The predicted octanol–water partition coefficient (Wildman–Crippen LogP) is 3.80. The van der Waals surface area contributed by atoms with E-state index in [1.165, 1.54) is 0 Å². The smallest absolute Gasteiger partial charge is 0.251 e. The molecular weight excluding hydrogens is 414 g/mol. The lowest BCUT2D eigenvalue weighted by Crippen LogP contribution is -2.41. The molecule has 0 unspecified atom stereocenters. The molecule has 0 atom stereocenters. The van der Waals surface area contributed by atoms with Crippen LogP contribution in [0.3, 0.4) is 0 Å². The van der Waals surface area contributed by atoms with Gasteiger partial charge in [0.25, 0.3) is 11.8 Å². The summed E-state index contributed by atoms with van der Waals surface area (Å²) in [7, 11) is 0. The summed E-state index contributed by atoms with van der Waals surface area (Å²) in [5.74, 6) is -0.379. The number of amides is 3. The standard InChI is InChI=1S/C27H33N3O3/c1-27(2,3)21-10-8-19(9-11-21)25(32)28-16-24(31)30(23-14-15-23)17-18-4-6-20(7-5-18)26(33)29-22-12-13-22/h4-11,22-23H,12-17H2,1-3H3,(H,28,32)(H,29,33). The summed E-state index contributed by atoms with van der Waals surface area (Å²) in [6.07, 6.45) is 4.08. The first-order valence-corrected chi connectivity index (χ1v) is 11.8. The minimum Gasteiger partial charge on any atom is -0.349 e. The lowest BCUT2D eigenvalue weighted by molar-refractivity contribution is -0.131. The molecule has 0 bridgehead atoms. The first-order valence-electron chi connectivity index (χ1n) is 11.8. The topological polar surface area (TPSA) is 78.5 Å². The molecule has 0 aliphatic heterocycles. The van der Waals surface area contributed by atoms with Crippen molar-refractivity contribution in [2.75, 3.05) is 6.54 Å². The molecule has 0 heterocycles. The van der Waals surface area contributed by atoms with Crippen LogP contribution in [0.15, 0.2) is 48.5 Å². The predicted molar refractivity (Wildman–Crippen MR) is 128 cm³/mol. The van der Waals surface area contributed by atoms with Crippen molar-refractivity contribution in [2.24, 2.45) is 0 Å². The zero-order chi connectivity index (χ0) is 23.6. The Morgan fingerprint density at radius 2 is 1.42 bits per heavy atom. The Bertz CT molecular complexity index is 1010. The van der Waals surface area contributed by atoms with Gasteiger partial charge in [-0.1, -0.05) is 45.0 Å². The van der Waals surface area contributed by atoms with E-state index in [-0.39, 0.29) is 35.7 Å². The van der Waals surface area contributed by atoms with E-state index < -0.39 is 0 Å². The van der Waals surface area contributed by atoms with Crippen molar-refractivity contribution in [1.82, 2.24) is 15.5 Å². The molecule has 0 spiro atoms. The van der Waals surface area contributed by atoms with Gasteiger partial charge < -0.3 is 15.5 Å². The number of carbonyl (C=O) groups excluding carboxylic acids is 3. The van der Waals surface area contributed by atoms with Crippen molar-refractivity contribution in [3.05, 3.63) is 70.8 Å². The lowest BCUT2D eigenvalue weighted by atomic mass is 9.87. The number of nitrogens with one attached hydrogen (secondary N) is 2. The maximum absolute atomic E-state index is 12.9. The minimum absolute atomic E-state index is 0.0228. The van der Waals surface area contributed by atoms with Crippen LogP contribution in [0.4, 0.5) is 0 Å². The molecule has 2 N–H and O–H groups in total. The van der Waals surface area contributed by atoms with E-state index in [1.807, 2.05) is 41.3 Å². The highest BCUT2D eigenvalue weighted by molar-refractivity contribution is 5.96. The van der Waals surface area contributed by atoms with Crippen molar-refractivity contribution < 1.29 is 14.4 Å². The third kappa shape index (κ3) is 6.21. The molecule has 2 fully saturated rings. The van der Waals surface area contributed by atoms with Crippen molar-refractivity contribution in [3.8, 4) is 0 Å². The zero-order valence-corrected chi connectivity index (χ0v) is 19.7. The van der Waals surface area contributed by atoms with Crippen LogP contribution in [-0.2, 0) is 16.8 Å². The fourth-order valence-electron chi connectivity index (χ4n) is 3.74. The van der Waals surface area contributed by atoms with Crippen molar-refractivity contribution in [3.63, 3.8) is 0 Å². The average Bonchev–Trinajstić information content (AvgIpc) is 3.71. The molecule has 0 aromatic heterocycles. The summed E-state index contributed by atoms with van der Waals surface area (Å²) in [4.78, 5) is 39.4. The molecule has 33 heavy (non-hydrogen) atoms. The summed E-state index contributed by atoms with van der Waals surface area (Å²) < 4.78 is 0. The molecule has 6 nitrogen and oxygen atoms in total. The average molecular weight is 448 g/mol. The van der Waals surface area contributed by atoms with Gasteiger partial charge in [-0.3, -0.25) is 14.4 Å². The van der Waals surface area contributed by atoms with E-state index in [1.54, 1.807) is 12.1 Å². The van der Waals surface area contributed by atoms with Crippen LogP contribution in [-0.4, -0.2) is 41.2 Å². The maximum Gasteiger partial charge on any atom is 0.251 e. The molecule has 174 valence electrons. The van der Waals surface area contributed by atoms with E-state index in [2.05, 4.69) is 31.4 Å². The Morgan fingerprint density at radius 1 is 0.848 bits per heavy atom. The molecule has 0 radical (unpaired) electrons. The highest BCUT2D eigenvalue weighted by atomic mass is 16.2. The van der Waals surface area contributed by atoms with E-state index in [0.29, 0.717) is 23.7 Å². The van der Waals surface area contributed by atoms with Crippen LogP contribution in [0.1, 0.15) is 78.3 Å². The summed E-state index contributed by atoms with van der Waals surface area (Å²) in [5, 5.41) is 5.76. The Labute approximate surface area is 195 Å². The lowest BCUT2D eigenvalue weighted by Gasteiger charge is -2.23. The summed E-state index contributed by atoms with van der Waals surface area (Å²) in [6, 6.07) is 15.5. The van der Waals surface area contributed by atoms with Crippen LogP contribution in [0.2, 0.25) is 0 Å². The highest BCUT2D eigenvalue weighted by Gasteiger charge is 2.32. The number of benzene rings is 2. The molecule has 0 saturated heterocycles. The van der Waals surface area contributed by atoms with Gasteiger partial charge >= 0.3 is 0 Å². The van der Waals surface area contributed by atoms with Gasteiger partial charge in [-0.25, -0.2) is 0 Å². The van der Waals surface area contributed by atoms with E-state index in [9.17, 15) is 14.4 Å². The first kappa shape index (κ1) is 23.0. The van der Waals surface area contributed by atoms with Crippen LogP contribution in [0, 0.1) is 0 Å². The quantitative estimate of drug-likeness (QED) is 0.646. The van der Waals surface area contributed by atoms with Gasteiger partial charge in [-0.05, 0) is 66.5 Å². The van der Waals surface area contributed by atoms with Crippen molar-refractivity contribution in [1.29, 1.82) is 0 Å². The number of hydrogen-bond donors (Lipinski definition) is 2. The number of nitrogens with zero attached hydrogens (tertiary/aromatic N) is 1. The van der Waals surface area contributed by atoms with Gasteiger partial charge in [0.2, 0.25) is 5.91 Å². The summed E-state index contributed by atoms with van der Waals surface area (Å²) in [5.41, 5.74) is 3.34. The van der Waals surface area contributed by atoms with E-state index in [4.69, 9.17) is 0 Å². The first-order chi connectivity index (χ1) is 15.7. The fourth-order valence-corrected chi connectivity index (χ4v) is 3.74. The Hall–Kier alpha value is -3.15. The van der Waals surface area contributed by atoms with Gasteiger partial charge in [0.1, 0.15) is 0 Å². The SMILES string of the molecule is CC(C)(C)c1ccc(C(=O)NCC(=O)N(Cc2ccc(C(=O)NC3CC3)cc2)C2CC2)cc1. The van der Waals surface area contributed by atoms with Gasteiger partial charge in [0.05, 0.1) is 6.54 Å². The van der Waals surface area contributed by atoms with Crippen LogP contribution >= 0.6 is 0 Å².